The van der Waals surface area contributed by atoms with Crippen molar-refractivity contribution in [3.63, 3.8) is 0 Å². The highest BCUT2D eigenvalue weighted by Crippen LogP contribution is 2.15. The van der Waals surface area contributed by atoms with E-state index in [9.17, 15) is 4.39 Å². The summed E-state index contributed by atoms with van der Waals surface area (Å²) in [5.74, 6) is 0.242. The van der Waals surface area contributed by atoms with E-state index in [-0.39, 0.29) is 5.82 Å². The van der Waals surface area contributed by atoms with Gasteiger partial charge in [-0.1, -0.05) is 6.07 Å². The van der Waals surface area contributed by atoms with Gasteiger partial charge in [-0.2, -0.15) is 10.2 Å². The van der Waals surface area contributed by atoms with Gasteiger partial charge in [-0.15, -0.1) is 0 Å². The highest BCUT2D eigenvalue weighted by Gasteiger charge is 2.03. The third-order valence-corrected chi connectivity index (χ3v) is 2.51. The topological polar surface area (TPSA) is 47.0 Å². The zero-order valence-corrected chi connectivity index (χ0v) is 10.1. The van der Waals surface area contributed by atoms with Crippen LogP contribution in [0.15, 0.2) is 36.5 Å². The molecule has 0 fully saturated rings. The van der Waals surface area contributed by atoms with Crippen molar-refractivity contribution in [3.8, 4) is 5.75 Å². The first-order valence-electron chi connectivity index (χ1n) is 5.59. The Morgan fingerprint density at radius 2 is 2.17 bits per heavy atom. The van der Waals surface area contributed by atoms with Gasteiger partial charge < -0.3 is 10.1 Å². The van der Waals surface area contributed by atoms with Crippen LogP contribution in [0, 0.1) is 5.82 Å². The second kappa shape index (κ2) is 6.07. The highest BCUT2D eigenvalue weighted by atomic mass is 19.1. The van der Waals surface area contributed by atoms with Crippen LogP contribution >= 0.6 is 0 Å². The van der Waals surface area contributed by atoms with E-state index in [0.717, 1.165) is 5.69 Å². The van der Waals surface area contributed by atoms with Gasteiger partial charge >= 0.3 is 0 Å². The molecule has 94 valence electrons. The molecular formula is C13H14FN3O. The number of benzene rings is 1. The normalized spacial score (nSPS) is 10.3. The second-order valence-corrected chi connectivity index (χ2v) is 3.78. The number of aromatic nitrogens is 2. The van der Waals surface area contributed by atoms with Crippen LogP contribution in [-0.2, 0) is 13.1 Å². The van der Waals surface area contributed by atoms with Gasteiger partial charge in [0.1, 0.15) is 11.6 Å². The monoisotopic (exact) mass is 247 g/mol. The molecule has 1 aromatic carbocycles. The summed E-state index contributed by atoms with van der Waals surface area (Å²) in [6.45, 7) is 0.992. The van der Waals surface area contributed by atoms with Crippen LogP contribution < -0.4 is 10.1 Å². The Morgan fingerprint density at radius 3 is 2.83 bits per heavy atom. The molecule has 0 aliphatic rings. The standard InChI is InChI=1S/C13H14FN3O/c1-18-12-5-4-10(13(14)7-12)8-15-9-11-3-2-6-16-17-11/h2-7,15H,8-9H2,1H3. The maximum absolute atomic E-state index is 13.6. The number of methoxy groups -OCH3 is 1. The Kier molecular flexibility index (Phi) is 4.20. The van der Waals surface area contributed by atoms with Crippen molar-refractivity contribution in [1.29, 1.82) is 0 Å². The summed E-state index contributed by atoms with van der Waals surface area (Å²) in [5.41, 5.74) is 1.42. The van der Waals surface area contributed by atoms with Crippen molar-refractivity contribution in [1.82, 2.24) is 15.5 Å². The molecule has 0 unspecified atom stereocenters. The molecule has 2 rings (SSSR count). The van der Waals surface area contributed by atoms with Crippen LogP contribution in [0.3, 0.4) is 0 Å². The van der Waals surface area contributed by atoms with Crippen LogP contribution in [0.25, 0.3) is 0 Å². The summed E-state index contributed by atoms with van der Waals surface area (Å²) >= 11 is 0. The summed E-state index contributed by atoms with van der Waals surface area (Å²) in [5, 5.41) is 10.8. The number of rotatable bonds is 5. The third kappa shape index (κ3) is 3.24. The van der Waals surface area contributed by atoms with Crippen molar-refractivity contribution >= 4 is 0 Å². The first kappa shape index (κ1) is 12.4. The van der Waals surface area contributed by atoms with E-state index in [4.69, 9.17) is 4.74 Å². The lowest BCUT2D eigenvalue weighted by Crippen LogP contribution is -2.14. The van der Waals surface area contributed by atoms with Gasteiger partial charge in [-0.05, 0) is 18.2 Å². The van der Waals surface area contributed by atoms with Gasteiger partial charge in [-0.3, -0.25) is 0 Å². The third-order valence-electron chi connectivity index (χ3n) is 2.51. The molecule has 2 aromatic rings. The van der Waals surface area contributed by atoms with Gasteiger partial charge in [0, 0.05) is 30.9 Å². The van der Waals surface area contributed by atoms with Gasteiger partial charge in [0.05, 0.1) is 12.8 Å². The Bertz CT molecular complexity index is 505. The number of hydrogen-bond donors (Lipinski definition) is 1. The number of hydrogen-bond acceptors (Lipinski definition) is 4. The fourth-order valence-electron chi connectivity index (χ4n) is 1.55. The summed E-state index contributed by atoms with van der Waals surface area (Å²) in [4.78, 5) is 0. The minimum Gasteiger partial charge on any atom is -0.497 e. The maximum Gasteiger partial charge on any atom is 0.131 e. The minimum atomic E-state index is -0.277. The zero-order valence-electron chi connectivity index (χ0n) is 10.1. The fraction of sp³-hybridized carbons (Fsp3) is 0.231. The molecular weight excluding hydrogens is 233 g/mol. The largest absolute Gasteiger partial charge is 0.497 e. The van der Waals surface area contributed by atoms with Crippen molar-refractivity contribution in [2.75, 3.05) is 7.11 Å². The first-order chi connectivity index (χ1) is 8.79. The van der Waals surface area contributed by atoms with E-state index < -0.39 is 0 Å². The minimum absolute atomic E-state index is 0.277. The Hall–Kier alpha value is -2.01. The molecule has 5 heteroatoms. The van der Waals surface area contributed by atoms with E-state index in [1.54, 1.807) is 18.3 Å². The average molecular weight is 247 g/mol. The Morgan fingerprint density at radius 1 is 1.28 bits per heavy atom. The summed E-state index contributed by atoms with van der Waals surface area (Å²) in [6, 6.07) is 8.50. The molecule has 0 saturated carbocycles. The van der Waals surface area contributed by atoms with E-state index in [1.807, 2.05) is 12.1 Å². The summed E-state index contributed by atoms with van der Waals surface area (Å²) in [6.07, 6.45) is 1.62. The lowest BCUT2D eigenvalue weighted by atomic mass is 10.2. The molecule has 18 heavy (non-hydrogen) atoms. The molecule has 0 spiro atoms. The highest BCUT2D eigenvalue weighted by molar-refractivity contribution is 5.28. The molecule has 1 N–H and O–H groups in total. The SMILES string of the molecule is COc1ccc(CNCc2cccnn2)c(F)c1. The van der Waals surface area contributed by atoms with Crippen LogP contribution in [0.2, 0.25) is 0 Å². The van der Waals surface area contributed by atoms with Crippen LogP contribution in [-0.4, -0.2) is 17.3 Å². The van der Waals surface area contributed by atoms with Gasteiger partial charge in [0.2, 0.25) is 0 Å². The Labute approximate surface area is 105 Å². The molecule has 0 bridgehead atoms. The Balaban J connectivity index is 1.91. The van der Waals surface area contributed by atoms with E-state index >= 15 is 0 Å². The predicted molar refractivity (Wildman–Crippen MR) is 65.5 cm³/mol. The molecule has 0 radical (unpaired) electrons. The molecule has 0 atom stereocenters. The number of ether oxygens (including phenoxy) is 1. The summed E-state index contributed by atoms with van der Waals surface area (Å²) in [7, 11) is 1.51. The number of nitrogens with zero attached hydrogens (tertiary/aromatic N) is 2. The van der Waals surface area contributed by atoms with Crippen molar-refractivity contribution in [3.05, 3.63) is 53.6 Å². The quantitative estimate of drug-likeness (QED) is 0.876. The molecule has 1 aromatic heterocycles. The zero-order chi connectivity index (χ0) is 12.8. The fourth-order valence-corrected chi connectivity index (χ4v) is 1.55. The van der Waals surface area contributed by atoms with Crippen molar-refractivity contribution < 1.29 is 9.13 Å². The van der Waals surface area contributed by atoms with Crippen LogP contribution in [0.4, 0.5) is 4.39 Å². The lowest BCUT2D eigenvalue weighted by molar-refractivity contribution is 0.410. The van der Waals surface area contributed by atoms with Gasteiger partial charge in [0.25, 0.3) is 0 Å². The summed E-state index contributed by atoms with van der Waals surface area (Å²) < 4.78 is 18.6. The van der Waals surface area contributed by atoms with E-state index in [0.29, 0.717) is 24.4 Å². The van der Waals surface area contributed by atoms with Crippen LogP contribution in [0.1, 0.15) is 11.3 Å². The number of halogens is 1. The molecule has 0 aliphatic heterocycles. The average Bonchev–Trinajstić information content (AvgIpc) is 2.42. The maximum atomic E-state index is 13.6. The molecule has 1 heterocycles. The molecule has 0 amide bonds. The second-order valence-electron chi connectivity index (χ2n) is 3.78. The predicted octanol–water partition coefficient (Wildman–Crippen LogP) is 1.91. The van der Waals surface area contributed by atoms with E-state index in [1.165, 1.54) is 13.2 Å². The lowest BCUT2D eigenvalue weighted by Gasteiger charge is -2.07. The van der Waals surface area contributed by atoms with Gasteiger partial charge in [0.15, 0.2) is 0 Å². The first-order valence-corrected chi connectivity index (χ1v) is 5.59. The molecule has 0 aliphatic carbocycles. The molecule has 0 saturated heterocycles. The van der Waals surface area contributed by atoms with Crippen molar-refractivity contribution in [2.45, 2.75) is 13.1 Å². The van der Waals surface area contributed by atoms with E-state index in [2.05, 4.69) is 15.5 Å². The molecule has 4 nitrogen and oxygen atoms in total. The van der Waals surface area contributed by atoms with Gasteiger partial charge in [-0.25, -0.2) is 4.39 Å². The van der Waals surface area contributed by atoms with Crippen LogP contribution in [0.5, 0.6) is 5.75 Å². The number of nitrogens with one attached hydrogen (secondary N) is 1. The van der Waals surface area contributed by atoms with Crippen molar-refractivity contribution in [2.24, 2.45) is 0 Å². The smallest absolute Gasteiger partial charge is 0.131 e.